The minimum absolute atomic E-state index is 0.683. The predicted molar refractivity (Wildman–Crippen MR) is 60.9 cm³/mol. The zero-order valence-electron chi connectivity index (χ0n) is 9.16. The fourth-order valence-electron chi connectivity index (χ4n) is 1.90. The average Bonchev–Trinajstić information content (AvgIpc) is 2.71. The highest BCUT2D eigenvalue weighted by Crippen LogP contribution is 2.08. The molecule has 1 aromatic rings. The molecule has 0 radical (unpaired) electrons. The van der Waals surface area contributed by atoms with E-state index in [-0.39, 0.29) is 0 Å². The number of rotatable bonds is 4. The van der Waals surface area contributed by atoms with Crippen molar-refractivity contribution in [1.29, 1.82) is 0 Å². The average molecular weight is 206 g/mol. The monoisotopic (exact) mass is 206 g/mol. The van der Waals surface area contributed by atoms with Crippen molar-refractivity contribution in [3.8, 4) is 0 Å². The normalized spacial score (nSPS) is 20.5. The number of nitrogens with zero attached hydrogens (tertiary/aromatic N) is 2. The molecule has 2 rings (SSSR count). The molecule has 1 aliphatic heterocycles. The SMILES string of the molecule is Cc1ccnc(NCC[C@@H]2CCCN2)n1. The van der Waals surface area contributed by atoms with E-state index in [1.165, 1.54) is 19.4 Å². The third-order valence-electron chi connectivity index (χ3n) is 2.73. The quantitative estimate of drug-likeness (QED) is 0.780. The first kappa shape index (κ1) is 10.4. The minimum Gasteiger partial charge on any atom is -0.354 e. The van der Waals surface area contributed by atoms with E-state index in [0.29, 0.717) is 6.04 Å². The predicted octanol–water partition coefficient (Wildman–Crippen LogP) is 1.34. The van der Waals surface area contributed by atoms with Gasteiger partial charge in [-0.2, -0.15) is 0 Å². The Hall–Kier alpha value is -1.16. The maximum absolute atomic E-state index is 4.29. The van der Waals surface area contributed by atoms with Crippen molar-refractivity contribution in [1.82, 2.24) is 15.3 Å². The van der Waals surface area contributed by atoms with Gasteiger partial charge in [0.05, 0.1) is 0 Å². The zero-order valence-corrected chi connectivity index (χ0v) is 9.16. The molecule has 0 unspecified atom stereocenters. The van der Waals surface area contributed by atoms with Crippen molar-refractivity contribution < 1.29 is 0 Å². The Morgan fingerprint density at radius 1 is 1.60 bits per heavy atom. The number of hydrogen-bond donors (Lipinski definition) is 2. The van der Waals surface area contributed by atoms with Gasteiger partial charge in [-0.25, -0.2) is 9.97 Å². The molecule has 1 aliphatic rings. The van der Waals surface area contributed by atoms with Crippen LogP contribution < -0.4 is 10.6 Å². The van der Waals surface area contributed by atoms with E-state index >= 15 is 0 Å². The van der Waals surface area contributed by atoms with Gasteiger partial charge in [0.25, 0.3) is 0 Å². The molecule has 15 heavy (non-hydrogen) atoms. The summed E-state index contributed by atoms with van der Waals surface area (Å²) in [4.78, 5) is 8.46. The lowest BCUT2D eigenvalue weighted by Crippen LogP contribution is -2.24. The molecule has 0 saturated carbocycles. The summed E-state index contributed by atoms with van der Waals surface area (Å²) in [5.41, 5.74) is 1.01. The maximum atomic E-state index is 4.29. The second-order valence-corrected chi connectivity index (χ2v) is 4.03. The van der Waals surface area contributed by atoms with Crippen molar-refractivity contribution in [2.75, 3.05) is 18.4 Å². The lowest BCUT2D eigenvalue weighted by Gasteiger charge is -2.10. The van der Waals surface area contributed by atoms with Gasteiger partial charge in [-0.05, 0) is 38.8 Å². The van der Waals surface area contributed by atoms with Gasteiger partial charge in [-0.1, -0.05) is 0 Å². The van der Waals surface area contributed by atoms with Crippen LogP contribution in [0.2, 0.25) is 0 Å². The fraction of sp³-hybridized carbons (Fsp3) is 0.636. The summed E-state index contributed by atoms with van der Waals surface area (Å²) in [6.07, 6.45) is 5.55. The van der Waals surface area contributed by atoms with Gasteiger partial charge in [0.15, 0.2) is 0 Å². The van der Waals surface area contributed by atoms with Crippen molar-refractivity contribution in [2.24, 2.45) is 0 Å². The highest BCUT2D eigenvalue weighted by atomic mass is 15.1. The summed E-state index contributed by atoms with van der Waals surface area (Å²) in [6, 6.07) is 2.59. The molecule has 0 aliphatic carbocycles. The smallest absolute Gasteiger partial charge is 0.222 e. The van der Waals surface area contributed by atoms with E-state index in [2.05, 4.69) is 20.6 Å². The first-order valence-corrected chi connectivity index (χ1v) is 5.61. The molecule has 0 spiro atoms. The molecule has 82 valence electrons. The number of aryl methyl sites for hydroxylation is 1. The van der Waals surface area contributed by atoms with E-state index < -0.39 is 0 Å². The van der Waals surface area contributed by atoms with Gasteiger partial charge in [-0.15, -0.1) is 0 Å². The van der Waals surface area contributed by atoms with Crippen LogP contribution in [0.3, 0.4) is 0 Å². The Labute approximate surface area is 90.5 Å². The molecule has 1 atom stereocenters. The number of hydrogen-bond acceptors (Lipinski definition) is 4. The first-order valence-electron chi connectivity index (χ1n) is 5.61. The van der Waals surface area contributed by atoms with E-state index in [1.807, 2.05) is 13.0 Å². The first-order chi connectivity index (χ1) is 7.34. The fourth-order valence-corrected chi connectivity index (χ4v) is 1.90. The molecule has 1 fully saturated rings. The van der Waals surface area contributed by atoms with Crippen LogP contribution in [0.25, 0.3) is 0 Å². The molecule has 4 heteroatoms. The minimum atomic E-state index is 0.683. The van der Waals surface area contributed by atoms with E-state index in [9.17, 15) is 0 Å². The van der Waals surface area contributed by atoms with Gasteiger partial charge in [0.2, 0.25) is 5.95 Å². The van der Waals surface area contributed by atoms with Crippen molar-refractivity contribution >= 4 is 5.95 Å². The van der Waals surface area contributed by atoms with Crippen LogP contribution in [0.5, 0.6) is 0 Å². The maximum Gasteiger partial charge on any atom is 0.222 e. The Balaban J connectivity index is 1.73. The summed E-state index contributed by atoms with van der Waals surface area (Å²) >= 11 is 0. The van der Waals surface area contributed by atoms with E-state index in [0.717, 1.165) is 24.6 Å². The van der Waals surface area contributed by atoms with Crippen LogP contribution >= 0.6 is 0 Å². The van der Waals surface area contributed by atoms with Crippen LogP contribution in [-0.4, -0.2) is 29.1 Å². The van der Waals surface area contributed by atoms with Crippen molar-refractivity contribution in [3.63, 3.8) is 0 Å². The summed E-state index contributed by atoms with van der Waals surface area (Å²) in [6.45, 7) is 4.10. The number of aromatic nitrogens is 2. The molecule has 1 saturated heterocycles. The van der Waals surface area contributed by atoms with Crippen LogP contribution in [-0.2, 0) is 0 Å². The molecule has 0 amide bonds. The second kappa shape index (κ2) is 5.07. The molecule has 4 nitrogen and oxygen atoms in total. The molecule has 1 aromatic heterocycles. The van der Waals surface area contributed by atoms with Crippen LogP contribution in [0.1, 0.15) is 25.0 Å². The summed E-state index contributed by atoms with van der Waals surface area (Å²) in [5.74, 6) is 0.744. The highest BCUT2D eigenvalue weighted by Gasteiger charge is 2.12. The summed E-state index contributed by atoms with van der Waals surface area (Å²) in [5, 5.41) is 6.72. The molecular weight excluding hydrogens is 188 g/mol. The van der Waals surface area contributed by atoms with Crippen molar-refractivity contribution in [2.45, 2.75) is 32.2 Å². The van der Waals surface area contributed by atoms with Crippen LogP contribution in [0, 0.1) is 6.92 Å². The van der Waals surface area contributed by atoms with E-state index in [4.69, 9.17) is 0 Å². The number of anilines is 1. The Morgan fingerprint density at radius 3 is 3.27 bits per heavy atom. The Bertz CT molecular complexity index is 307. The number of nitrogens with one attached hydrogen (secondary N) is 2. The van der Waals surface area contributed by atoms with Crippen molar-refractivity contribution in [3.05, 3.63) is 18.0 Å². The molecular formula is C11H18N4. The standard InChI is InChI=1S/C11H18N4/c1-9-4-7-13-11(15-9)14-8-5-10-3-2-6-12-10/h4,7,10,12H,2-3,5-6,8H2,1H3,(H,13,14,15)/t10-/m0/s1. The molecule has 2 heterocycles. The van der Waals surface area contributed by atoms with Crippen LogP contribution in [0.4, 0.5) is 5.95 Å². The van der Waals surface area contributed by atoms with Gasteiger partial charge in [-0.3, -0.25) is 0 Å². The van der Waals surface area contributed by atoms with Gasteiger partial charge in [0, 0.05) is 24.5 Å². The van der Waals surface area contributed by atoms with Gasteiger partial charge >= 0.3 is 0 Å². The lowest BCUT2D eigenvalue weighted by molar-refractivity contribution is 0.573. The molecule has 2 N–H and O–H groups in total. The summed E-state index contributed by atoms with van der Waals surface area (Å²) < 4.78 is 0. The topological polar surface area (TPSA) is 49.8 Å². The van der Waals surface area contributed by atoms with E-state index in [1.54, 1.807) is 6.20 Å². The highest BCUT2D eigenvalue weighted by molar-refractivity contribution is 5.24. The Kier molecular flexibility index (Phi) is 3.50. The van der Waals surface area contributed by atoms with Gasteiger partial charge < -0.3 is 10.6 Å². The third-order valence-corrected chi connectivity index (χ3v) is 2.73. The molecule has 0 aromatic carbocycles. The van der Waals surface area contributed by atoms with Gasteiger partial charge in [0.1, 0.15) is 0 Å². The lowest BCUT2D eigenvalue weighted by atomic mass is 10.1. The zero-order chi connectivity index (χ0) is 10.5. The Morgan fingerprint density at radius 2 is 2.53 bits per heavy atom. The molecule has 0 bridgehead atoms. The second-order valence-electron chi connectivity index (χ2n) is 4.03. The van der Waals surface area contributed by atoms with Crippen LogP contribution in [0.15, 0.2) is 12.3 Å². The summed E-state index contributed by atoms with van der Waals surface area (Å²) in [7, 11) is 0. The third kappa shape index (κ3) is 3.16. The largest absolute Gasteiger partial charge is 0.354 e.